The highest BCUT2D eigenvalue weighted by atomic mass is 32.2. The Kier molecular flexibility index (Phi) is 3.75. The third-order valence-electron chi connectivity index (χ3n) is 3.34. The Morgan fingerprint density at radius 3 is 2.26 bits per heavy atom. The summed E-state index contributed by atoms with van der Waals surface area (Å²) in [5, 5.41) is -1.06. The van der Waals surface area contributed by atoms with Crippen molar-refractivity contribution in [2.75, 3.05) is 6.61 Å². The molecule has 2 rings (SSSR count). The normalized spacial score (nSPS) is 25.9. The summed E-state index contributed by atoms with van der Waals surface area (Å²) in [4.78, 5) is 0.413. The van der Waals surface area contributed by atoms with Crippen LogP contribution in [0, 0.1) is 6.92 Å². The second-order valence-electron chi connectivity index (χ2n) is 4.68. The van der Waals surface area contributed by atoms with E-state index < -0.39 is 34.4 Å². The van der Waals surface area contributed by atoms with Crippen molar-refractivity contribution in [2.24, 2.45) is 0 Å². The number of epoxide rings is 1. The van der Waals surface area contributed by atoms with Crippen molar-refractivity contribution in [1.82, 2.24) is 0 Å². The molecular weight excluding hydrogens is 277 g/mol. The summed E-state index contributed by atoms with van der Waals surface area (Å²) in [5.74, 6) is 0. The zero-order valence-electron chi connectivity index (χ0n) is 10.7. The fourth-order valence-electron chi connectivity index (χ4n) is 2.10. The van der Waals surface area contributed by atoms with E-state index in [0.717, 1.165) is 5.56 Å². The number of benzene rings is 1. The van der Waals surface area contributed by atoms with Gasteiger partial charge in [0.25, 0.3) is 0 Å². The SMILES string of the molecule is CC[C@H](S(=O)c1ccc(C)cc1)[C@@]1(C(F)(F)F)CO1. The molecule has 0 spiro atoms. The van der Waals surface area contributed by atoms with E-state index in [9.17, 15) is 17.4 Å². The molecule has 19 heavy (non-hydrogen) atoms. The number of alkyl halides is 3. The molecule has 3 atom stereocenters. The van der Waals surface area contributed by atoms with Gasteiger partial charge in [0.15, 0.2) is 0 Å². The van der Waals surface area contributed by atoms with E-state index >= 15 is 0 Å². The van der Waals surface area contributed by atoms with Gasteiger partial charge in [-0.1, -0.05) is 24.6 Å². The van der Waals surface area contributed by atoms with Crippen LogP contribution < -0.4 is 0 Å². The average Bonchev–Trinajstić information content (AvgIpc) is 3.11. The van der Waals surface area contributed by atoms with E-state index in [2.05, 4.69) is 4.74 Å². The van der Waals surface area contributed by atoms with Crippen LogP contribution in [-0.4, -0.2) is 27.8 Å². The molecule has 0 saturated carbocycles. The molecule has 6 heteroatoms. The van der Waals surface area contributed by atoms with Crippen LogP contribution in [0.1, 0.15) is 18.9 Å². The standard InChI is InChI=1S/C13H15F3O2S/c1-3-11(12(8-18-12)13(14,15)16)19(17)10-6-4-9(2)5-7-10/h4-7,11H,3,8H2,1-2H3/t11-,12+,19?/m0/s1. The van der Waals surface area contributed by atoms with Crippen molar-refractivity contribution < 1.29 is 22.1 Å². The van der Waals surface area contributed by atoms with Crippen molar-refractivity contribution in [3.05, 3.63) is 29.8 Å². The Morgan fingerprint density at radius 1 is 1.37 bits per heavy atom. The van der Waals surface area contributed by atoms with E-state index in [0.29, 0.717) is 4.90 Å². The molecule has 0 aliphatic carbocycles. The Morgan fingerprint density at radius 2 is 1.89 bits per heavy atom. The minimum atomic E-state index is -4.48. The van der Waals surface area contributed by atoms with Crippen LogP contribution in [0.3, 0.4) is 0 Å². The van der Waals surface area contributed by atoms with E-state index in [4.69, 9.17) is 0 Å². The van der Waals surface area contributed by atoms with Crippen molar-refractivity contribution in [2.45, 2.75) is 42.2 Å². The Balaban J connectivity index is 2.28. The van der Waals surface area contributed by atoms with Gasteiger partial charge in [-0.15, -0.1) is 0 Å². The Bertz CT molecular complexity index is 478. The van der Waals surface area contributed by atoms with Gasteiger partial charge >= 0.3 is 6.18 Å². The Labute approximate surface area is 112 Å². The number of halogens is 3. The lowest BCUT2D eigenvalue weighted by Gasteiger charge is -2.24. The monoisotopic (exact) mass is 292 g/mol. The highest BCUT2D eigenvalue weighted by molar-refractivity contribution is 7.85. The van der Waals surface area contributed by atoms with Crippen LogP contribution in [-0.2, 0) is 15.5 Å². The molecule has 0 radical (unpaired) electrons. The summed E-state index contributed by atoms with van der Waals surface area (Å²) in [7, 11) is -1.73. The Hall–Kier alpha value is -0.880. The van der Waals surface area contributed by atoms with E-state index in [1.54, 1.807) is 31.2 Å². The zero-order chi connectivity index (χ0) is 14.3. The summed E-state index contributed by atoms with van der Waals surface area (Å²) in [6.07, 6.45) is -4.33. The fourth-order valence-corrected chi connectivity index (χ4v) is 3.75. The summed E-state index contributed by atoms with van der Waals surface area (Å²) in [6, 6.07) is 6.71. The highest BCUT2D eigenvalue weighted by Gasteiger charge is 2.71. The lowest BCUT2D eigenvalue weighted by molar-refractivity contribution is -0.184. The number of rotatable bonds is 4. The van der Waals surface area contributed by atoms with Gasteiger partial charge in [-0.3, -0.25) is 4.21 Å². The summed E-state index contributed by atoms with van der Waals surface area (Å²) >= 11 is 0. The predicted octanol–water partition coefficient (Wildman–Crippen LogP) is 3.21. The molecule has 1 aliphatic rings. The van der Waals surface area contributed by atoms with Gasteiger partial charge in [-0.25, -0.2) is 0 Å². The summed E-state index contributed by atoms with van der Waals surface area (Å²) < 4.78 is 56.1. The minimum Gasteiger partial charge on any atom is -0.359 e. The maximum absolute atomic E-state index is 13.0. The van der Waals surface area contributed by atoms with Crippen molar-refractivity contribution in [3.63, 3.8) is 0 Å². The van der Waals surface area contributed by atoms with Gasteiger partial charge < -0.3 is 4.74 Å². The zero-order valence-corrected chi connectivity index (χ0v) is 11.5. The van der Waals surface area contributed by atoms with Crippen LogP contribution in [0.15, 0.2) is 29.2 Å². The minimum absolute atomic E-state index is 0.153. The maximum atomic E-state index is 13.0. The molecule has 2 nitrogen and oxygen atoms in total. The molecule has 106 valence electrons. The van der Waals surface area contributed by atoms with Crippen LogP contribution in [0.25, 0.3) is 0 Å². The van der Waals surface area contributed by atoms with Crippen LogP contribution in [0.5, 0.6) is 0 Å². The highest BCUT2D eigenvalue weighted by Crippen LogP contribution is 2.49. The first-order valence-corrected chi connectivity index (χ1v) is 7.21. The topological polar surface area (TPSA) is 29.6 Å². The molecule has 1 fully saturated rings. The lowest BCUT2D eigenvalue weighted by Crippen LogP contribution is -2.45. The summed E-state index contributed by atoms with van der Waals surface area (Å²) in [5.41, 5.74) is -1.25. The smallest absolute Gasteiger partial charge is 0.359 e. The number of hydrogen-bond donors (Lipinski definition) is 0. The van der Waals surface area contributed by atoms with E-state index in [1.165, 1.54) is 0 Å². The average molecular weight is 292 g/mol. The third-order valence-corrected chi connectivity index (χ3v) is 5.31. The van der Waals surface area contributed by atoms with Crippen LogP contribution in [0.4, 0.5) is 13.2 Å². The molecule has 0 amide bonds. The quantitative estimate of drug-likeness (QED) is 0.798. The number of ether oxygens (including phenoxy) is 1. The van der Waals surface area contributed by atoms with Gasteiger partial charge in [0.05, 0.1) is 22.7 Å². The molecule has 1 saturated heterocycles. The molecule has 1 aromatic carbocycles. The van der Waals surface area contributed by atoms with Gasteiger partial charge in [-0.2, -0.15) is 13.2 Å². The number of aryl methyl sites for hydroxylation is 1. The van der Waals surface area contributed by atoms with Gasteiger partial charge in [0.2, 0.25) is 5.60 Å². The van der Waals surface area contributed by atoms with Gasteiger partial charge in [0, 0.05) is 4.90 Å². The molecule has 1 heterocycles. The molecule has 1 aliphatic heterocycles. The molecular formula is C13H15F3O2S. The first-order chi connectivity index (χ1) is 8.82. The van der Waals surface area contributed by atoms with Gasteiger partial charge in [0.1, 0.15) is 0 Å². The molecule has 0 N–H and O–H groups in total. The largest absolute Gasteiger partial charge is 0.420 e. The van der Waals surface area contributed by atoms with Crippen molar-refractivity contribution in [1.29, 1.82) is 0 Å². The first kappa shape index (κ1) is 14.5. The maximum Gasteiger partial charge on any atom is 0.420 e. The van der Waals surface area contributed by atoms with Crippen molar-refractivity contribution >= 4 is 10.8 Å². The molecule has 0 aromatic heterocycles. The number of hydrogen-bond acceptors (Lipinski definition) is 2. The second kappa shape index (κ2) is 4.90. The predicted molar refractivity (Wildman–Crippen MR) is 66.4 cm³/mol. The molecule has 1 aromatic rings. The van der Waals surface area contributed by atoms with Crippen LogP contribution in [0.2, 0.25) is 0 Å². The molecule has 1 unspecified atom stereocenters. The van der Waals surface area contributed by atoms with Gasteiger partial charge in [-0.05, 0) is 25.5 Å². The molecule has 0 bridgehead atoms. The van der Waals surface area contributed by atoms with Crippen LogP contribution >= 0.6 is 0 Å². The van der Waals surface area contributed by atoms with E-state index in [-0.39, 0.29) is 6.42 Å². The second-order valence-corrected chi connectivity index (χ2v) is 6.32. The van der Waals surface area contributed by atoms with Crippen molar-refractivity contribution in [3.8, 4) is 0 Å². The fraction of sp³-hybridized carbons (Fsp3) is 0.538. The summed E-state index contributed by atoms with van der Waals surface area (Å²) in [6.45, 7) is 3.07. The van der Waals surface area contributed by atoms with E-state index in [1.807, 2.05) is 6.92 Å². The lowest BCUT2D eigenvalue weighted by atomic mass is 10.0. The third kappa shape index (κ3) is 2.56. The first-order valence-electron chi connectivity index (χ1n) is 6.00.